The molecule has 5 aliphatic rings. The summed E-state index contributed by atoms with van der Waals surface area (Å²) in [6.45, 7) is 5.78. The summed E-state index contributed by atoms with van der Waals surface area (Å²) in [7, 11) is 0. The lowest BCUT2D eigenvalue weighted by Gasteiger charge is -2.59. The highest BCUT2D eigenvalue weighted by atomic mass is 16.5. The molecule has 2 unspecified atom stereocenters. The second-order valence-electron chi connectivity index (χ2n) is 10.7. The zero-order chi connectivity index (χ0) is 18.1. The molecule has 1 heterocycles. The highest BCUT2D eigenvalue weighted by molar-refractivity contribution is 5.71. The Bertz CT molecular complexity index is 630. The van der Waals surface area contributed by atoms with Crippen molar-refractivity contribution >= 4 is 5.97 Å². The predicted molar refractivity (Wildman–Crippen MR) is 102 cm³/mol. The smallest absolute Gasteiger partial charge is 0.306 e. The largest absolute Gasteiger partial charge is 0.465 e. The molecular weight excluding hydrogens is 322 g/mol. The normalized spacial score (nSPS) is 55.8. The van der Waals surface area contributed by atoms with Gasteiger partial charge in [0.2, 0.25) is 0 Å². The van der Waals surface area contributed by atoms with Gasteiger partial charge in [0.25, 0.3) is 0 Å². The number of hydrogen-bond donors (Lipinski definition) is 1. The lowest BCUT2D eigenvalue weighted by Crippen LogP contribution is -2.53. The van der Waals surface area contributed by atoms with E-state index in [0.717, 1.165) is 23.7 Å². The number of allylic oxidation sites excluding steroid dienone is 1. The minimum absolute atomic E-state index is 0.0347. The first kappa shape index (κ1) is 17.3. The average Bonchev–Trinajstić information content (AvgIpc) is 3.18. The summed E-state index contributed by atoms with van der Waals surface area (Å²) < 4.78 is 5.35. The molecule has 0 bridgehead atoms. The summed E-state index contributed by atoms with van der Waals surface area (Å²) in [6.07, 6.45) is 14.8. The van der Waals surface area contributed by atoms with Crippen LogP contribution >= 0.6 is 0 Å². The van der Waals surface area contributed by atoms with Crippen molar-refractivity contribution in [3.63, 3.8) is 0 Å². The number of esters is 1. The molecule has 0 spiro atoms. The molecule has 3 heteroatoms. The van der Waals surface area contributed by atoms with E-state index in [0.29, 0.717) is 35.7 Å². The average molecular weight is 358 g/mol. The van der Waals surface area contributed by atoms with Gasteiger partial charge in [-0.25, -0.2) is 0 Å². The number of cyclic esters (lactones) is 1. The molecule has 0 aromatic heterocycles. The minimum atomic E-state index is 0.0347. The molecule has 9 atom stereocenters. The fourth-order valence-electron chi connectivity index (χ4n) is 8.44. The standard InChI is InChI=1S/C23H35NO2/c1-22-9-7-16(24)12-15(22)3-4-17-19-6-5-18(14-11-21(25)26-13-14)23(19,2)10-8-20(17)22/h7,9,14-20H,3-6,8,10-13,24H2,1-2H3/t14-,15?,16?,17-,18+,19+,20-,22-,23+/m0/s1. The van der Waals surface area contributed by atoms with Crippen LogP contribution in [0.2, 0.25) is 0 Å². The molecule has 26 heavy (non-hydrogen) atoms. The SMILES string of the molecule is C[C@]12CC[C@H]3[C@@H](CCC4CC(N)C=C[C@@]43C)[C@H]1CC[C@@H]2[C@@H]1COC(=O)C1. The first-order valence-electron chi connectivity index (χ1n) is 11.0. The van der Waals surface area contributed by atoms with Crippen molar-refractivity contribution in [2.24, 2.45) is 52.1 Å². The van der Waals surface area contributed by atoms with Crippen molar-refractivity contribution < 1.29 is 9.53 Å². The molecule has 5 rings (SSSR count). The van der Waals surface area contributed by atoms with Gasteiger partial charge in [-0.1, -0.05) is 26.0 Å². The topological polar surface area (TPSA) is 52.3 Å². The van der Waals surface area contributed by atoms with Crippen LogP contribution in [0.3, 0.4) is 0 Å². The third-order valence-corrected chi connectivity index (χ3v) is 9.75. The molecule has 0 aromatic carbocycles. The number of ether oxygens (including phenoxy) is 1. The van der Waals surface area contributed by atoms with Crippen LogP contribution in [0.25, 0.3) is 0 Å². The summed E-state index contributed by atoms with van der Waals surface area (Å²) in [5.41, 5.74) is 7.04. The van der Waals surface area contributed by atoms with Gasteiger partial charge in [-0.2, -0.15) is 0 Å². The van der Waals surface area contributed by atoms with Crippen LogP contribution < -0.4 is 5.73 Å². The maximum atomic E-state index is 11.7. The van der Waals surface area contributed by atoms with Crippen LogP contribution in [0.15, 0.2) is 12.2 Å². The molecule has 144 valence electrons. The Morgan fingerprint density at radius 3 is 2.65 bits per heavy atom. The molecule has 3 saturated carbocycles. The molecule has 0 aromatic rings. The summed E-state index contributed by atoms with van der Waals surface area (Å²) in [5.74, 6) is 4.55. The molecule has 2 N–H and O–H groups in total. The molecule has 4 aliphatic carbocycles. The Balaban J connectivity index is 1.41. The number of fused-ring (bicyclic) bond motifs is 5. The van der Waals surface area contributed by atoms with Crippen molar-refractivity contribution in [3.05, 3.63) is 12.2 Å². The number of hydrogen-bond acceptors (Lipinski definition) is 3. The number of carbonyl (C=O) groups excluding carboxylic acids is 1. The monoisotopic (exact) mass is 357 g/mol. The van der Waals surface area contributed by atoms with Crippen molar-refractivity contribution in [1.29, 1.82) is 0 Å². The van der Waals surface area contributed by atoms with Crippen LogP contribution in [0.5, 0.6) is 0 Å². The fourth-order valence-corrected chi connectivity index (χ4v) is 8.44. The van der Waals surface area contributed by atoms with Gasteiger partial charge in [0.15, 0.2) is 0 Å². The first-order chi connectivity index (χ1) is 12.4. The summed E-state index contributed by atoms with van der Waals surface area (Å²) in [4.78, 5) is 11.7. The van der Waals surface area contributed by atoms with E-state index in [-0.39, 0.29) is 12.0 Å². The lowest BCUT2D eigenvalue weighted by atomic mass is 9.45. The van der Waals surface area contributed by atoms with E-state index in [4.69, 9.17) is 10.5 Å². The first-order valence-corrected chi connectivity index (χ1v) is 11.0. The Morgan fingerprint density at radius 1 is 1.08 bits per heavy atom. The van der Waals surface area contributed by atoms with Gasteiger partial charge in [-0.3, -0.25) is 4.79 Å². The Kier molecular flexibility index (Phi) is 3.88. The minimum Gasteiger partial charge on any atom is -0.465 e. The van der Waals surface area contributed by atoms with Gasteiger partial charge < -0.3 is 10.5 Å². The molecule has 0 radical (unpaired) electrons. The van der Waals surface area contributed by atoms with E-state index in [1.807, 2.05) is 0 Å². The van der Waals surface area contributed by atoms with Gasteiger partial charge in [0.1, 0.15) is 0 Å². The van der Waals surface area contributed by atoms with E-state index in [1.54, 1.807) is 0 Å². The third-order valence-electron chi connectivity index (χ3n) is 9.75. The second-order valence-corrected chi connectivity index (χ2v) is 10.7. The van der Waals surface area contributed by atoms with Gasteiger partial charge >= 0.3 is 5.97 Å². The summed E-state index contributed by atoms with van der Waals surface area (Å²) in [6, 6.07) is 0.272. The third kappa shape index (κ3) is 2.31. The number of rotatable bonds is 1. The number of nitrogens with two attached hydrogens (primary N) is 1. The van der Waals surface area contributed by atoms with E-state index < -0.39 is 0 Å². The van der Waals surface area contributed by atoms with E-state index in [9.17, 15) is 4.79 Å². The van der Waals surface area contributed by atoms with Gasteiger partial charge in [-0.05, 0) is 85.4 Å². The zero-order valence-electron chi connectivity index (χ0n) is 16.5. The van der Waals surface area contributed by atoms with Crippen molar-refractivity contribution in [2.75, 3.05) is 6.61 Å². The molecular formula is C23H35NO2. The second kappa shape index (κ2) is 5.83. The van der Waals surface area contributed by atoms with E-state index in [1.165, 1.54) is 44.9 Å². The van der Waals surface area contributed by atoms with Gasteiger partial charge in [0.05, 0.1) is 13.0 Å². The quantitative estimate of drug-likeness (QED) is 0.562. The molecule has 4 fully saturated rings. The summed E-state index contributed by atoms with van der Waals surface area (Å²) in [5, 5.41) is 0. The van der Waals surface area contributed by atoms with Crippen molar-refractivity contribution in [1.82, 2.24) is 0 Å². The maximum Gasteiger partial charge on any atom is 0.306 e. The summed E-state index contributed by atoms with van der Waals surface area (Å²) >= 11 is 0. The van der Waals surface area contributed by atoms with Crippen LogP contribution in [0, 0.1) is 46.3 Å². The van der Waals surface area contributed by atoms with E-state index in [2.05, 4.69) is 26.0 Å². The Morgan fingerprint density at radius 2 is 1.88 bits per heavy atom. The zero-order valence-corrected chi connectivity index (χ0v) is 16.5. The van der Waals surface area contributed by atoms with Crippen LogP contribution in [0.4, 0.5) is 0 Å². The van der Waals surface area contributed by atoms with Crippen LogP contribution in [-0.2, 0) is 9.53 Å². The highest BCUT2D eigenvalue weighted by Crippen LogP contribution is 2.67. The highest BCUT2D eigenvalue weighted by Gasteiger charge is 2.60. The molecule has 1 aliphatic heterocycles. The molecule has 3 nitrogen and oxygen atoms in total. The molecule has 1 saturated heterocycles. The number of carbonyl (C=O) groups is 1. The maximum absolute atomic E-state index is 11.7. The lowest BCUT2D eigenvalue weighted by molar-refractivity contribution is -0.137. The van der Waals surface area contributed by atoms with Gasteiger partial charge in [0, 0.05) is 12.0 Å². The van der Waals surface area contributed by atoms with Crippen LogP contribution in [0.1, 0.15) is 65.2 Å². The van der Waals surface area contributed by atoms with Crippen LogP contribution in [-0.4, -0.2) is 18.6 Å². The van der Waals surface area contributed by atoms with Gasteiger partial charge in [-0.15, -0.1) is 0 Å². The molecule has 0 amide bonds. The predicted octanol–water partition coefficient (Wildman–Crippen LogP) is 4.31. The van der Waals surface area contributed by atoms with Crippen molar-refractivity contribution in [2.45, 2.75) is 71.3 Å². The van der Waals surface area contributed by atoms with E-state index >= 15 is 0 Å². The Hall–Kier alpha value is -0.830. The van der Waals surface area contributed by atoms with Crippen molar-refractivity contribution in [3.8, 4) is 0 Å². The fraction of sp³-hybridized carbons (Fsp3) is 0.870. The Labute approximate surface area is 158 Å².